The van der Waals surface area contributed by atoms with E-state index in [-0.39, 0.29) is 11.3 Å². The minimum atomic E-state index is -0.175. The quantitative estimate of drug-likeness (QED) is 0.766. The lowest BCUT2D eigenvalue weighted by molar-refractivity contribution is 0.0887. The highest BCUT2D eigenvalue weighted by Gasteiger charge is 2.29. The molecule has 0 bridgehead atoms. The Bertz CT molecular complexity index is 488. The SMILES string of the molecule is CCCc1[nH]nc(C(=O)NCC2(C)CCN(C)CC2)c1N. The number of aromatic nitrogens is 2. The fourth-order valence-electron chi connectivity index (χ4n) is 2.71. The number of aryl methyl sites for hydroxylation is 1. The highest BCUT2D eigenvalue weighted by atomic mass is 16.1. The second kappa shape index (κ2) is 6.47. The molecule has 1 saturated heterocycles. The Labute approximate surface area is 126 Å². The van der Waals surface area contributed by atoms with Crippen molar-refractivity contribution in [3.63, 3.8) is 0 Å². The molecule has 1 aliphatic rings. The number of likely N-dealkylation sites (tertiary alicyclic amines) is 1. The van der Waals surface area contributed by atoms with Crippen LogP contribution in [0.1, 0.15) is 49.3 Å². The van der Waals surface area contributed by atoms with E-state index >= 15 is 0 Å². The first-order valence-corrected chi connectivity index (χ1v) is 7.74. The molecular formula is C15H27N5O. The van der Waals surface area contributed by atoms with Crippen LogP contribution < -0.4 is 11.1 Å². The van der Waals surface area contributed by atoms with E-state index in [0.717, 1.165) is 44.5 Å². The Morgan fingerprint density at radius 3 is 2.76 bits per heavy atom. The van der Waals surface area contributed by atoms with Gasteiger partial charge in [-0.3, -0.25) is 9.89 Å². The minimum absolute atomic E-state index is 0.166. The summed E-state index contributed by atoms with van der Waals surface area (Å²) in [6.45, 7) is 7.14. The molecule has 21 heavy (non-hydrogen) atoms. The van der Waals surface area contributed by atoms with Crippen molar-refractivity contribution in [1.29, 1.82) is 0 Å². The van der Waals surface area contributed by atoms with Gasteiger partial charge in [-0.05, 0) is 44.8 Å². The smallest absolute Gasteiger partial charge is 0.273 e. The number of piperidine rings is 1. The van der Waals surface area contributed by atoms with E-state index in [1.165, 1.54) is 0 Å². The third-order valence-electron chi connectivity index (χ3n) is 4.47. The average Bonchev–Trinajstić information content (AvgIpc) is 2.82. The van der Waals surface area contributed by atoms with Gasteiger partial charge < -0.3 is 16.0 Å². The molecule has 2 rings (SSSR count). The van der Waals surface area contributed by atoms with E-state index in [1.54, 1.807) is 0 Å². The van der Waals surface area contributed by atoms with Gasteiger partial charge in [-0.25, -0.2) is 0 Å². The Morgan fingerprint density at radius 2 is 2.14 bits per heavy atom. The number of aromatic amines is 1. The van der Waals surface area contributed by atoms with Crippen molar-refractivity contribution in [2.75, 3.05) is 32.4 Å². The monoisotopic (exact) mass is 293 g/mol. The van der Waals surface area contributed by atoms with Crippen molar-refractivity contribution in [1.82, 2.24) is 20.4 Å². The van der Waals surface area contributed by atoms with Gasteiger partial charge in [0.15, 0.2) is 5.69 Å². The molecule has 1 aliphatic heterocycles. The van der Waals surface area contributed by atoms with E-state index in [2.05, 4.69) is 41.3 Å². The molecule has 0 unspecified atom stereocenters. The number of anilines is 1. The van der Waals surface area contributed by atoms with Gasteiger partial charge in [-0.15, -0.1) is 0 Å². The summed E-state index contributed by atoms with van der Waals surface area (Å²) in [5, 5.41) is 9.93. The largest absolute Gasteiger partial charge is 0.395 e. The molecule has 0 spiro atoms. The number of carbonyl (C=O) groups is 1. The molecule has 0 aliphatic carbocycles. The molecule has 0 radical (unpaired) electrons. The third kappa shape index (κ3) is 3.75. The number of hydrogen-bond donors (Lipinski definition) is 3. The summed E-state index contributed by atoms with van der Waals surface area (Å²) in [5.74, 6) is -0.175. The number of nitrogens with zero attached hydrogens (tertiary/aromatic N) is 2. The standard InChI is InChI=1S/C15H27N5O/c1-4-5-11-12(16)13(19-18-11)14(21)17-10-15(2)6-8-20(3)9-7-15/h4-10,16H2,1-3H3,(H,17,21)(H,18,19). The molecule has 2 heterocycles. The van der Waals surface area contributed by atoms with Crippen LogP contribution in [-0.4, -0.2) is 47.7 Å². The molecule has 6 nitrogen and oxygen atoms in total. The number of nitrogen functional groups attached to an aromatic ring is 1. The number of hydrogen-bond acceptors (Lipinski definition) is 4. The highest BCUT2D eigenvalue weighted by molar-refractivity contribution is 5.97. The molecule has 4 N–H and O–H groups in total. The van der Waals surface area contributed by atoms with Crippen LogP contribution in [0.2, 0.25) is 0 Å². The van der Waals surface area contributed by atoms with Gasteiger partial charge in [0.25, 0.3) is 5.91 Å². The molecule has 6 heteroatoms. The first kappa shape index (κ1) is 15.8. The normalized spacial score (nSPS) is 18.6. The molecule has 0 aromatic carbocycles. The molecule has 1 fully saturated rings. The van der Waals surface area contributed by atoms with Gasteiger partial charge >= 0.3 is 0 Å². The van der Waals surface area contributed by atoms with E-state index in [4.69, 9.17) is 5.73 Å². The summed E-state index contributed by atoms with van der Waals surface area (Å²) >= 11 is 0. The lowest BCUT2D eigenvalue weighted by Crippen LogP contribution is -2.43. The maximum atomic E-state index is 12.2. The van der Waals surface area contributed by atoms with Gasteiger partial charge in [-0.2, -0.15) is 5.10 Å². The van der Waals surface area contributed by atoms with E-state index < -0.39 is 0 Å². The zero-order valence-corrected chi connectivity index (χ0v) is 13.3. The summed E-state index contributed by atoms with van der Waals surface area (Å²) < 4.78 is 0. The van der Waals surface area contributed by atoms with Gasteiger partial charge in [0.2, 0.25) is 0 Å². The van der Waals surface area contributed by atoms with Crippen LogP contribution in [0.4, 0.5) is 5.69 Å². The van der Waals surface area contributed by atoms with Crippen molar-refractivity contribution in [2.24, 2.45) is 5.41 Å². The summed E-state index contributed by atoms with van der Waals surface area (Å²) in [5.41, 5.74) is 7.83. The predicted octanol–water partition coefficient (Wildman–Crippen LogP) is 1.41. The fourth-order valence-corrected chi connectivity index (χ4v) is 2.71. The van der Waals surface area contributed by atoms with Crippen LogP contribution in [0.3, 0.4) is 0 Å². The van der Waals surface area contributed by atoms with E-state index in [9.17, 15) is 4.79 Å². The van der Waals surface area contributed by atoms with Crippen molar-refractivity contribution in [2.45, 2.75) is 39.5 Å². The Hall–Kier alpha value is -1.56. The zero-order valence-electron chi connectivity index (χ0n) is 13.3. The highest BCUT2D eigenvalue weighted by Crippen LogP contribution is 2.29. The number of amides is 1. The summed E-state index contributed by atoms with van der Waals surface area (Å²) in [6.07, 6.45) is 3.98. The summed E-state index contributed by atoms with van der Waals surface area (Å²) in [6, 6.07) is 0. The minimum Gasteiger partial charge on any atom is -0.395 e. The lowest BCUT2D eigenvalue weighted by Gasteiger charge is -2.37. The summed E-state index contributed by atoms with van der Waals surface area (Å²) in [7, 11) is 2.14. The lowest BCUT2D eigenvalue weighted by atomic mass is 9.80. The number of rotatable bonds is 5. The second-order valence-electron chi connectivity index (χ2n) is 6.51. The van der Waals surface area contributed by atoms with Gasteiger partial charge in [-0.1, -0.05) is 20.3 Å². The van der Waals surface area contributed by atoms with Crippen LogP contribution in [0.15, 0.2) is 0 Å². The van der Waals surface area contributed by atoms with Gasteiger partial charge in [0, 0.05) is 6.54 Å². The number of nitrogens with one attached hydrogen (secondary N) is 2. The molecule has 0 atom stereocenters. The molecule has 1 aromatic rings. The number of nitrogens with two attached hydrogens (primary N) is 1. The first-order chi connectivity index (χ1) is 9.95. The van der Waals surface area contributed by atoms with Crippen molar-refractivity contribution >= 4 is 11.6 Å². The topological polar surface area (TPSA) is 87.0 Å². The van der Waals surface area contributed by atoms with Crippen molar-refractivity contribution in [3.05, 3.63) is 11.4 Å². The van der Waals surface area contributed by atoms with Crippen LogP contribution >= 0.6 is 0 Å². The third-order valence-corrected chi connectivity index (χ3v) is 4.47. The molecular weight excluding hydrogens is 266 g/mol. The number of carbonyl (C=O) groups excluding carboxylic acids is 1. The Balaban J connectivity index is 1.93. The molecule has 1 aromatic heterocycles. The first-order valence-electron chi connectivity index (χ1n) is 7.74. The van der Waals surface area contributed by atoms with Gasteiger partial charge in [0.05, 0.1) is 11.4 Å². The maximum absolute atomic E-state index is 12.2. The van der Waals surface area contributed by atoms with E-state index in [0.29, 0.717) is 17.9 Å². The van der Waals surface area contributed by atoms with Crippen LogP contribution in [-0.2, 0) is 6.42 Å². The summed E-state index contributed by atoms with van der Waals surface area (Å²) in [4.78, 5) is 14.6. The molecule has 118 valence electrons. The van der Waals surface area contributed by atoms with Crippen molar-refractivity contribution in [3.8, 4) is 0 Å². The fraction of sp³-hybridized carbons (Fsp3) is 0.733. The predicted molar refractivity (Wildman–Crippen MR) is 84.2 cm³/mol. The molecule has 0 saturated carbocycles. The van der Waals surface area contributed by atoms with Crippen LogP contribution in [0, 0.1) is 5.41 Å². The zero-order chi connectivity index (χ0) is 15.5. The van der Waals surface area contributed by atoms with E-state index in [1.807, 2.05) is 0 Å². The van der Waals surface area contributed by atoms with Crippen molar-refractivity contribution < 1.29 is 4.79 Å². The van der Waals surface area contributed by atoms with Gasteiger partial charge in [0.1, 0.15) is 0 Å². The van der Waals surface area contributed by atoms with Crippen LogP contribution in [0.5, 0.6) is 0 Å². The second-order valence-corrected chi connectivity index (χ2v) is 6.51. The van der Waals surface area contributed by atoms with Crippen LogP contribution in [0.25, 0.3) is 0 Å². The Morgan fingerprint density at radius 1 is 1.48 bits per heavy atom. The maximum Gasteiger partial charge on any atom is 0.273 e. The average molecular weight is 293 g/mol. The molecule has 1 amide bonds. The number of H-pyrrole nitrogens is 1. The Kier molecular flexibility index (Phi) is 4.88.